The van der Waals surface area contributed by atoms with Crippen LogP contribution < -0.4 is 15.0 Å². The van der Waals surface area contributed by atoms with E-state index >= 15 is 0 Å². The molecule has 6 heteroatoms. The minimum Gasteiger partial charge on any atom is -0.487 e. The van der Waals surface area contributed by atoms with Crippen molar-refractivity contribution in [3.05, 3.63) is 24.0 Å². The fourth-order valence-electron chi connectivity index (χ4n) is 2.89. The molecule has 120 valence electrons. The molecule has 2 aliphatic rings. The number of ether oxygens (including phenoxy) is 2. The normalized spacial score (nSPS) is 24.0. The van der Waals surface area contributed by atoms with Gasteiger partial charge in [0.05, 0.1) is 24.9 Å². The second kappa shape index (κ2) is 6.62. The van der Waals surface area contributed by atoms with E-state index in [2.05, 4.69) is 5.32 Å². The van der Waals surface area contributed by atoms with Crippen molar-refractivity contribution in [3.63, 3.8) is 0 Å². The number of carbonyl (C=O) groups is 1. The van der Waals surface area contributed by atoms with Crippen molar-refractivity contribution in [2.24, 2.45) is 0 Å². The number of halogens is 1. The second-order valence-corrected chi connectivity index (χ2v) is 5.81. The van der Waals surface area contributed by atoms with Crippen LogP contribution in [0.4, 0.5) is 10.1 Å². The highest BCUT2D eigenvalue weighted by atomic mass is 19.1. The van der Waals surface area contributed by atoms with Crippen LogP contribution in [-0.4, -0.2) is 44.4 Å². The summed E-state index contributed by atoms with van der Waals surface area (Å²) in [6.45, 7) is 4.07. The second-order valence-electron chi connectivity index (χ2n) is 5.81. The zero-order valence-electron chi connectivity index (χ0n) is 12.7. The van der Waals surface area contributed by atoms with Gasteiger partial charge in [0.25, 0.3) is 0 Å². The lowest BCUT2D eigenvalue weighted by Crippen LogP contribution is -2.46. The number of fused-ring (bicyclic) bond motifs is 1. The van der Waals surface area contributed by atoms with Gasteiger partial charge in [-0.1, -0.05) is 0 Å². The molecule has 1 fully saturated rings. The van der Waals surface area contributed by atoms with Gasteiger partial charge in [0.2, 0.25) is 5.91 Å². The fourth-order valence-corrected chi connectivity index (χ4v) is 2.89. The molecule has 5 nitrogen and oxygen atoms in total. The first kappa shape index (κ1) is 15.2. The maximum Gasteiger partial charge on any atom is 0.241 e. The Morgan fingerprint density at radius 3 is 3.14 bits per heavy atom. The average molecular weight is 308 g/mol. The quantitative estimate of drug-likeness (QED) is 0.920. The van der Waals surface area contributed by atoms with Crippen LogP contribution in [0, 0.1) is 5.82 Å². The minimum atomic E-state index is -0.364. The third kappa shape index (κ3) is 3.39. The van der Waals surface area contributed by atoms with Gasteiger partial charge in [0, 0.05) is 19.2 Å². The summed E-state index contributed by atoms with van der Waals surface area (Å²) in [5.74, 6) is 0.0176. The zero-order chi connectivity index (χ0) is 15.5. The van der Waals surface area contributed by atoms with Crippen LogP contribution in [-0.2, 0) is 9.53 Å². The first-order chi connectivity index (χ1) is 10.6. The molecule has 0 aliphatic carbocycles. The molecule has 1 amide bonds. The average Bonchev–Trinajstić information content (AvgIpc) is 2.99. The molecule has 1 saturated heterocycles. The molecular weight excluding hydrogens is 287 g/mol. The minimum absolute atomic E-state index is 0.0407. The summed E-state index contributed by atoms with van der Waals surface area (Å²) in [6, 6.07) is 4.26. The standard InChI is InChI=1S/C16H21FN2O3/c1-11-10-19(14-5-4-12(17)7-15(14)22-11)16(20)9-18-8-13-3-2-6-21-13/h4-5,7,11,13,18H,2-3,6,8-10H2,1H3/t11-,13+/m1/s1. The molecule has 3 rings (SSSR count). The van der Waals surface area contributed by atoms with E-state index in [0.717, 1.165) is 19.4 Å². The molecule has 2 heterocycles. The van der Waals surface area contributed by atoms with E-state index < -0.39 is 0 Å². The third-order valence-electron chi connectivity index (χ3n) is 3.95. The summed E-state index contributed by atoms with van der Waals surface area (Å²) in [4.78, 5) is 14.1. The molecule has 2 atom stereocenters. The Morgan fingerprint density at radius 1 is 1.50 bits per heavy atom. The first-order valence-corrected chi connectivity index (χ1v) is 7.72. The summed E-state index contributed by atoms with van der Waals surface area (Å²) in [6.07, 6.45) is 2.17. The number of amides is 1. The third-order valence-corrected chi connectivity index (χ3v) is 3.95. The highest BCUT2D eigenvalue weighted by molar-refractivity contribution is 5.96. The van der Waals surface area contributed by atoms with E-state index in [1.165, 1.54) is 12.1 Å². The molecule has 0 bridgehead atoms. The molecule has 1 aromatic carbocycles. The van der Waals surface area contributed by atoms with Crippen LogP contribution in [0.5, 0.6) is 5.75 Å². The molecule has 22 heavy (non-hydrogen) atoms. The van der Waals surface area contributed by atoms with Gasteiger partial charge in [-0.3, -0.25) is 4.79 Å². The molecule has 0 unspecified atom stereocenters. The number of carbonyl (C=O) groups excluding carboxylic acids is 1. The number of hydrogen-bond donors (Lipinski definition) is 1. The largest absolute Gasteiger partial charge is 0.487 e. The lowest BCUT2D eigenvalue weighted by atomic mass is 10.2. The van der Waals surface area contributed by atoms with E-state index in [9.17, 15) is 9.18 Å². The van der Waals surface area contributed by atoms with Gasteiger partial charge >= 0.3 is 0 Å². The first-order valence-electron chi connectivity index (χ1n) is 7.72. The van der Waals surface area contributed by atoms with E-state index in [0.29, 0.717) is 24.5 Å². The van der Waals surface area contributed by atoms with Crippen molar-refractivity contribution in [2.75, 3.05) is 31.1 Å². The van der Waals surface area contributed by atoms with Crippen LogP contribution in [0.1, 0.15) is 19.8 Å². The monoisotopic (exact) mass is 308 g/mol. The van der Waals surface area contributed by atoms with Crippen molar-refractivity contribution in [1.29, 1.82) is 0 Å². The van der Waals surface area contributed by atoms with Crippen LogP contribution in [0.15, 0.2) is 18.2 Å². The van der Waals surface area contributed by atoms with Crippen molar-refractivity contribution in [3.8, 4) is 5.75 Å². The molecule has 1 N–H and O–H groups in total. The van der Waals surface area contributed by atoms with Crippen molar-refractivity contribution in [2.45, 2.75) is 32.0 Å². The van der Waals surface area contributed by atoms with Crippen molar-refractivity contribution >= 4 is 11.6 Å². The van der Waals surface area contributed by atoms with Crippen LogP contribution in [0.2, 0.25) is 0 Å². The Morgan fingerprint density at radius 2 is 2.36 bits per heavy atom. The lowest BCUT2D eigenvalue weighted by molar-refractivity contribution is -0.118. The number of anilines is 1. The van der Waals surface area contributed by atoms with E-state index in [1.54, 1.807) is 11.0 Å². The fraction of sp³-hybridized carbons (Fsp3) is 0.562. The van der Waals surface area contributed by atoms with Gasteiger partial charge in [-0.15, -0.1) is 0 Å². The SMILES string of the molecule is C[C@@H]1CN(C(=O)CNC[C@@H]2CCCO2)c2ccc(F)cc2O1. The van der Waals surface area contributed by atoms with Gasteiger partial charge in [-0.05, 0) is 31.9 Å². The van der Waals surface area contributed by atoms with Crippen LogP contribution in [0.3, 0.4) is 0 Å². The molecule has 0 radical (unpaired) electrons. The topological polar surface area (TPSA) is 50.8 Å². The van der Waals surface area contributed by atoms with Crippen LogP contribution >= 0.6 is 0 Å². The number of rotatable bonds is 4. The van der Waals surface area contributed by atoms with Gasteiger partial charge in [0.1, 0.15) is 17.7 Å². The molecule has 0 spiro atoms. The maximum absolute atomic E-state index is 13.3. The summed E-state index contributed by atoms with van der Waals surface area (Å²) < 4.78 is 24.4. The lowest BCUT2D eigenvalue weighted by Gasteiger charge is -2.33. The molecule has 0 saturated carbocycles. The Labute approximate surface area is 129 Å². The van der Waals surface area contributed by atoms with E-state index in [4.69, 9.17) is 9.47 Å². The highest BCUT2D eigenvalue weighted by Crippen LogP contribution is 2.33. The predicted molar refractivity (Wildman–Crippen MR) is 80.7 cm³/mol. The number of benzene rings is 1. The molecule has 0 aromatic heterocycles. The van der Waals surface area contributed by atoms with Crippen molar-refractivity contribution < 1.29 is 18.7 Å². The summed E-state index contributed by atoms with van der Waals surface area (Å²) in [5.41, 5.74) is 0.628. The Kier molecular flexibility index (Phi) is 4.59. The Balaban J connectivity index is 1.62. The number of hydrogen-bond acceptors (Lipinski definition) is 4. The molecule has 1 aromatic rings. The van der Waals surface area contributed by atoms with E-state index in [-0.39, 0.29) is 30.5 Å². The predicted octanol–water partition coefficient (Wildman–Crippen LogP) is 1.71. The summed E-state index contributed by atoms with van der Waals surface area (Å²) in [7, 11) is 0. The summed E-state index contributed by atoms with van der Waals surface area (Å²) in [5, 5.41) is 3.15. The van der Waals surface area contributed by atoms with Gasteiger partial charge in [-0.25, -0.2) is 4.39 Å². The van der Waals surface area contributed by atoms with Gasteiger partial charge < -0.3 is 19.7 Å². The van der Waals surface area contributed by atoms with Crippen molar-refractivity contribution in [1.82, 2.24) is 5.32 Å². The molecule has 2 aliphatic heterocycles. The molecular formula is C16H21FN2O3. The van der Waals surface area contributed by atoms with Gasteiger partial charge in [0.15, 0.2) is 0 Å². The zero-order valence-corrected chi connectivity index (χ0v) is 12.7. The smallest absolute Gasteiger partial charge is 0.241 e. The van der Waals surface area contributed by atoms with E-state index in [1.807, 2.05) is 6.92 Å². The number of nitrogens with zero attached hydrogens (tertiary/aromatic N) is 1. The van der Waals surface area contributed by atoms with Crippen LogP contribution in [0.25, 0.3) is 0 Å². The number of nitrogens with one attached hydrogen (secondary N) is 1. The Bertz CT molecular complexity index is 546. The Hall–Kier alpha value is -1.66. The highest BCUT2D eigenvalue weighted by Gasteiger charge is 2.27. The maximum atomic E-state index is 13.3. The van der Waals surface area contributed by atoms with Gasteiger partial charge in [-0.2, -0.15) is 0 Å². The summed E-state index contributed by atoms with van der Waals surface area (Å²) >= 11 is 0.